The van der Waals surface area contributed by atoms with E-state index in [1.54, 1.807) is 12.1 Å². The van der Waals surface area contributed by atoms with Crippen LogP contribution < -0.4 is 14.2 Å². The monoisotopic (exact) mass is 292 g/mol. The highest BCUT2D eigenvalue weighted by Crippen LogP contribution is 2.37. The summed E-state index contributed by atoms with van der Waals surface area (Å²) in [6.45, 7) is 0.346. The average molecular weight is 292 g/mol. The standard InChI is InChI=1S/C16H20O5/c17-8-12-6-15-16(21-10-20-15)7-14(12)19-9-13(18)5-11-3-1-2-4-11/h6-8,11,13,18H,1-5,9-10H2. The predicted octanol–water partition coefficient (Wildman–Crippen LogP) is 2.55. The second-order valence-corrected chi connectivity index (χ2v) is 5.71. The number of aldehydes is 1. The van der Waals surface area contributed by atoms with Crippen LogP contribution in [0.15, 0.2) is 12.1 Å². The maximum atomic E-state index is 11.1. The van der Waals surface area contributed by atoms with Gasteiger partial charge in [0.05, 0.1) is 11.7 Å². The van der Waals surface area contributed by atoms with Crippen LogP contribution in [0.4, 0.5) is 0 Å². The van der Waals surface area contributed by atoms with Gasteiger partial charge in [0.1, 0.15) is 12.4 Å². The first-order valence-corrected chi connectivity index (χ1v) is 7.46. The van der Waals surface area contributed by atoms with Crippen LogP contribution in [0.1, 0.15) is 42.5 Å². The molecule has 1 aliphatic heterocycles. The van der Waals surface area contributed by atoms with Crippen molar-refractivity contribution in [2.45, 2.75) is 38.2 Å². The van der Waals surface area contributed by atoms with Crippen molar-refractivity contribution in [2.75, 3.05) is 13.4 Å². The van der Waals surface area contributed by atoms with Crippen molar-refractivity contribution in [1.82, 2.24) is 0 Å². The van der Waals surface area contributed by atoms with E-state index in [-0.39, 0.29) is 13.4 Å². The van der Waals surface area contributed by atoms with Crippen molar-refractivity contribution in [3.05, 3.63) is 17.7 Å². The van der Waals surface area contributed by atoms with E-state index in [4.69, 9.17) is 14.2 Å². The Bertz CT molecular complexity index is 508. The maximum absolute atomic E-state index is 11.1. The van der Waals surface area contributed by atoms with Crippen molar-refractivity contribution >= 4 is 6.29 Å². The highest BCUT2D eigenvalue weighted by Gasteiger charge is 2.21. The Labute approximate surface area is 123 Å². The zero-order valence-electron chi connectivity index (χ0n) is 11.9. The first kappa shape index (κ1) is 14.2. The molecule has 0 amide bonds. The third-order valence-electron chi connectivity index (χ3n) is 4.14. The normalized spacial score (nSPS) is 18.7. The Balaban J connectivity index is 1.60. The summed E-state index contributed by atoms with van der Waals surface area (Å²) in [7, 11) is 0. The van der Waals surface area contributed by atoms with Crippen molar-refractivity contribution in [2.24, 2.45) is 5.92 Å². The fraction of sp³-hybridized carbons (Fsp3) is 0.562. The molecule has 5 nitrogen and oxygen atoms in total. The molecule has 1 aromatic carbocycles. The molecule has 0 radical (unpaired) electrons. The van der Waals surface area contributed by atoms with Crippen LogP contribution in [-0.2, 0) is 0 Å². The lowest BCUT2D eigenvalue weighted by Crippen LogP contribution is -2.20. The van der Waals surface area contributed by atoms with E-state index in [2.05, 4.69) is 0 Å². The summed E-state index contributed by atoms with van der Waals surface area (Å²) in [6.07, 6.45) is 5.90. The second-order valence-electron chi connectivity index (χ2n) is 5.71. The van der Waals surface area contributed by atoms with Crippen LogP contribution in [0.25, 0.3) is 0 Å². The number of ether oxygens (including phenoxy) is 3. The zero-order valence-corrected chi connectivity index (χ0v) is 11.9. The van der Waals surface area contributed by atoms with Gasteiger partial charge in [-0.25, -0.2) is 0 Å². The summed E-state index contributed by atoms with van der Waals surface area (Å²) in [6, 6.07) is 3.25. The molecule has 2 aliphatic rings. The van der Waals surface area contributed by atoms with Gasteiger partial charge in [-0.05, 0) is 18.4 Å². The van der Waals surface area contributed by atoms with Crippen LogP contribution in [-0.4, -0.2) is 30.9 Å². The van der Waals surface area contributed by atoms with Crippen LogP contribution >= 0.6 is 0 Å². The highest BCUT2D eigenvalue weighted by molar-refractivity contribution is 5.81. The molecule has 21 heavy (non-hydrogen) atoms. The van der Waals surface area contributed by atoms with Gasteiger partial charge in [-0.2, -0.15) is 0 Å². The van der Waals surface area contributed by atoms with E-state index in [9.17, 15) is 9.90 Å². The first-order valence-electron chi connectivity index (χ1n) is 7.46. The minimum atomic E-state index is -0.502. The molecule has 1 saturated carbocycles. The van der Waals surface area contributed by atoms with Gasteiger partial charge in [0, 0.05) is 6.07 Å². The quantitative estimate of drug-likeness (QED) is 0.816. The van der Waals surface area contributed by atoms with Crippen LogP contribution in [0.5, 0.6) is 17.2 Å². The summed E-state index contributed by atoms with van der Waals surface area (Å²) in [5, 5.41) is 10.1. The van der Waals surface area contributed by atoms with Crippen molar-refractivity contribution < 1.29 is 24.1 Å². The van der Waals surface area contributed by atoms with Gasteiger partial charge in [-0.1, -0.05) is 25.7 Å². The van der Waals surface area contributed by atoms with E-state index in [0.717, 1.165) is 12.7 Å². The van der Waals surface area contributed by atoms with Crippen molar-refractivity contribution in [3.63, 3.8) is 0 Å². The van der Waals surface area contributed by atoms with E-state index in [1.165, 1.54) is 25.7 Å². The molecule has 0 saturated heterocycles. The van der Waals surface area contributed by atoms with Gasteiger partial charge in [-0.15, -0.1) is 0 Å². The minimum absolute atomic E-state index is 0.154. The largest absolute Gasteiger partial charge is 0.490 e. The first-order chi connectivity index (χ1) is 10.3. The molecule has 1 heterocycles. The molecule has 1 atom stereocenters. The summed E-state index contributed by atoms with van der Waals surface area (Å²) in [5.74, 6) is 2.16. The number of carbonyl (C=O) groups is 1. The Morgan fingerprint density at radius 2 is 2.00 bits per heavy atom. The smallest absolute Gasteiger partial charge is 0.231 e. The third kappa shape index (κ3) is 3.29. The van der Waals surface area contributed by atoms with Gasteiger partial charge in [0.25, 0.3) is 0 Å². The van der Waals surface area contributed by atoms with Crippen LogP contribution in [0.2, 0.25) is 0 Å². The molecule has 114 valence electrons. The summed E-state index contributed by atoms with van der Waals surface area (Å²) < 4.78 is 16.1. The van der Waals surface area contributed by atoms with Gasteiger partial charge < -0.3 is 19.3 Å². The molecule has 0 spiro atoms. The Kier molecular flexibility index (Phi) is 4.29. The number of hydrogen-bond donors (Lipinski definition) is 1. The van der Waals surface area contributed by atoms with Crippen LogP contribution in [0, 0.1) is 5.92 Å². The molecule has 1 aromatic rings. The van der Waals surface area contributed by atoms with Gasteiger partial charge >= 0.3 is 0 Å². The molecular weight excluding hydrogens is 272 g/mol. The molecule has 0 bridgehead atoms. The highest BCUT2D eigenvalue weighted by atomic mass is 16.7. The van der Waals surface area contributed by atoms with E-state index in [1.807, 2.05) is 0 Å². The molecule has 1 N–H and O–H groups in total. The number of fused-ring (bicyclic) bond motifs is 1. The molecule has 0 aromatic heterocycles. The Morgan fingerprint density at radius 1 is 1.29 bits per heavy atom. The average Bonchev–Trinajstić information content (AvgIpc) is 3.14. The van der Waals surface area contributed by atoms with Crippen molar-refractivity contribution in [1.29, 1.82) is 0 Å². The lowest BCUT2D eigenvalue weighted by atomic mass is 10.0. The molecule has 1 unspecified atom stereocenters. The summed E-state index contributed by atoms with van der Waals surface area (Å²) in [4.78, 5) is 11.1. The van der Waals surface area contributed by atoms with Gasteiger partial charge in [-0.3, -0.25) is 4.79 Å². The number of carbonyl (C=O) groups excluding carboxylic acids is 1. The van der Waals surface area contributed by atoms with E-state index >= 15 is 0 Å². The van der Waals surface area contributed by atoms with E-state index < -0.39 is 6.10 Å². The third-order valence-corrected chi connectivity index (χ3v) is 4.14. The molecule has 1 fully saturated rings. The topological polar surface area (TPSA) is 65.0 Å². The molecule has 5 heteroatoms. The van der Waals surface area contributed by atoms with E-state index in [0.29, 0.717) is 28.7 Å². The second kappa shape index (κ2) is 6.35. The molecular formula is C16H20O5. The maximum Gasteiger partial charge on any atom is 0.231 e. The summed E-state index contributed by atoms with van der Waals surface area (Å²) in [5.41, 5.74) is 0.410. The number of aliphatic hydroxyl groups is 1. The zero-order chi connectivity index (χ0) is 14.7. The summed E-state index contributed by atoms with van der Waals surface area (Å²) >= 11 is 0. The van der Waals surface area contributed by atoms with Gasteiger partial charge in [0.15, 0.2) is 17.8 Å². The lowest BCUT2D eigenvalue weighted by molar-refractivity contribution is 0.0844. The fourth-order valence-corrected chi connectivity index (χ4v) is 3.04. The Hall–Kier alpha value is -1.75. The molecule has 3 rings (SSSR count). The van der Waals surface area contributed by atoms with Gasteiger partial charge in [0.2, 0.25) is 6.79 Å². The fourth-order valence-electron chi connectivity index (χ4n) is 3.04. The number of rotatable bonds is 6. The van der Waals surface area contributed by atoms with Crippen LogP contribution in [0.3, 0.4) is 0 Å². The number of benzene rings is 1. The minimum Gasteiger partial charge on any atom is -0.490 e. The van der Waals surface area contributed by atoms with Crippen molar-refractivity contribution in [3.8, 4) is 17.2 Å². The Morgan fingerprint density at radius 3 is 2.71 bits per heavy atom. The molecule has 1 aliphatic carbocycles. The predicted molar refractivity (Wildman–Crippen MR) is 76.0 cm³/mol. The lowest BCUT2D eigenvalue weighted by Gasteiger charge is -2.17. The number of aliphatic hydroxyl groups excluding tert-OH is 1. The SMILES string of the molecule is O=Cc1cc2c(cc1OCC(O)CC1CCCC1)OCO2. The number of hydrogen-bond acceptors (Lipinski definition) is 5.